The van der Waals surface area contributed by atoms with Gasteiger partial charge in [-0.15, -0.1) is 0 Å². The van der Waals surface area contributed by atoms with Crippen molar-refractivity contribution in [3.63, 3.8) is 0 Å². The summed E-state index contributed by atoms with van der Waals surface area (Å²) < 4.78 is 11.1. The monoisotopic (exact) mass is 478 g/mol. The van der Waals surface area contributed by atoms with E-state index in [2.05, 4.69) is 19.9 Å². The van der Waals surface area contributed by atoms with Gasteiger partial charge in [-0.3, -0.25) is 14.6 Å². The number of rotatable bonds is 5. The average Bonchev–Trinajstić information content (AvgIpc) is 3.50. The van der Waals surface area contributed by atoms with Gasteiger partial charge < -0.3 is 14.2 Å². The fourth-order valence-corrected chi connectivity index (χ4v) is 5.71. The van der Waals surface area contributed by atoms with E-state index in [-0.39, 0.29) is 24.0 Å². The van der Waals surface area contributed by atoms with Gasteiger partial charge in [0.05, 0.1) is 53.5 Å². The number of benzene rings is 1. The first-order chi connectivity index (χ1) is 15.6. The van der Waals surface area contributed by atoms with Crippen LogP contribution in [0.4, 0.5) is 0 Å². The molecule has 9 heteroatoms. The Kier molecular flexibility index (Phi) is 6.71. The third kappa shape index (κ3) is 4.54. The lowest BCUT2D eigenvalue weighted by Gasteiger charge is -2.54. The summed E-state index contributed by atoms with van der Waals surface area (Å²) >= 11 is 12.2. The van der Waals surface area contributed by atoms with Crippen LogP contribution in [0.2, 0.25) is 10.0 Å². The quantitative estimate of drug-likeness (QED) is 0.657. The predicted molar refractivity (Wildman–Crippen MR) is 122 cm³/mol. The zero-order valence-corrected chi connectivity index (χ0v) is 19.5. The van der Waals surface area contributed by atoms with Crippen molar-refractivity contribution in [2.24, 2.45) is 0 Å². The van der Waals surface area contributed by atoms with Crippen LogP contribution >= 0.6 is 23.2 Å². The van der Waals surface area contributed by atoms with Gasteiger partial charge >= 0.3 is 0 Å². The van der Waals surface area contributed by atoms with Crippen molar-refractivity contribution in [3.05, 3.63) is 51.8 Å². The smallest absolute Gasteiger partial charge is 0.227 e. The second-order valence-electron chi connectivity index (χ2n) is 8.88. The van der Waals surface area contributed by atoms with Crippen LogP contribution in [0, 0.1) is 0 Å². The van der Waals surface area contributed by atoms with E-state index in [1.807, 2.05) is 12.1 Å². The molecule has 0 bridgehead atoms. The molecule has 3 aliphatic rings. The fraction of sp³-hybridized carbons (Fsp3) is 0.565. The molecule has 7 nitrogen and oxygen atoms in total. The Balaban J connectivity index is 1.39. The van der Waals surface area contributed by atoms with Gasteiger partial charge in [0.15, 0.2) is 0 Å². The number of nitrogens with zero attached hydrogens (tertiary/aromatic N) is 4. The molecule has 1 aromatic carbocycles. The molecular formula is C23H28Cl2N4O3. The third-order valence-corrected chi connectivity index (χ3v) is 7.69. The Labute approximate surface area is 198 Å². The lowest BCUT2D eigenvalue weighted by atomic mass is 9.90. The lowest BCUT2D eigenvalue weighted by molar-refractivity contribution is -0.153. The Morgan fingerprint density at radius 2 is 1.84 bits per heavy atom. The summed E-state index contributed by atoms with van der Waals surface area (Å²) in [5, 5.41) is 5.08. The highest BCUT2D eigenvalue weighted by molar-refractivity contribution is 6.42. The Morgan fingerprint density at radius 3 is 2.59 bits per heavy atom. The van der Waals surface area contributed by atoms with Crippen LogP contribution < -0.4 is 0 Å². The molecule has 1 aromatic heterocycles. The molecule has 4 heterocycles. The molecule has 5 rings (SSSR count). The zero-order valence-electron chi connectivity index (χ0n) is 18.0. The van der Waals surface area contributed by atoms with Gasteiger partial charge in [0.25, 0.3) is 0 Å². The van der Waals surface area contributed by atoms with Gasteiger partial charge in [-0.05, 0) is 43.6 Å². The van der Waals surface area contributed by atoms with E-state index >= 15 is 0 Å². The van der Waals surface area contributed by atoms with Crippen LogP contribution in [0.25, 0.3) is 0 Å². The summed E-state index contributed by atoms with van der Waals surface area (Å²) in [6.07, 6.45) is 4.33. The highest BCUT2D eigenvalue weighted by Crippen LogP contribution is 2.31. The van der Waals surface area contributed by atoms with E-state index in [0.717, 1.165) is 30.9 Å². The zero-order chi connectivity index (χ0) is 22.1. The molecule has 0 aliphatic carbocycles. The Morgan fingerprint density at radius 1 is 1.03 bits per heavy atom. The van der Waals surface area contributed by atoms with Crippen molar-refractivity contribution in [1.29, 1.82) is 0 Å². The number of ether oxygens (including phenoxy) is 1. The second-order valence-corrected chi connectivity index (χ2v) is 9.69. The number of fused-ring (bicyclic) bond motifs is 1. The van der Waals surface area contributed by atoms with Crippen LogP contribution in [-0.2, 0) is 22.5 Å². The van der Waals surface area contributed by atoms with Gasteiger partial charge in [-0.25, -0.2) is 0 Å². The maximum absolute atomic E-state index is 13.5. The Bertz CT molecular complexity index is 935. The van der Waals surface area contributed by atoms with Crippen molar-refractivity contribution in [3.8, 4) is 0 Å². The minimum atomic E-state index is 0.0813. The number of carbonyl (C=O) groups is 1. The molecule has 3 fully saturated rings. The molecular weight excluding hydrogens is 451 g/mol. The van der Waals surface area contributed by atoms with Crippen molar-refractivity contribution >= 4 is 29.1 Å². The topological polar surface area (TPSA) is 62.1 Å². The van der Waals surface area contributed by atoms with Gasteiger partial charge in [0.2, 0.25) is 5.91 Å². The van der Waals surface area contributed by atoms with E-state index in [1.165, 1.54) is 12.8 Å². The van der Waals surface area contributed by atoms with Crippen LogP contribution in [0.5, 0.6) is 0 Å². The third-order valence-electron chi connectivity index (χ3n) is 6.95. The van der Waals surface area contributed by atoms with Crippen molar-refractivity contribution in [2.45, 2.75) is 43.9 Å². The van der Waals surface area contributed by atoms with Gasteiger partial charge in [-0.2, -0.15) is 0 Å². The number of aromatic nitrogens is 1. The highest BCUT2D eigenvalue weighted by atomic mass is 35.5. The maximum Gasteiger partial charge on any atom is 0.227 e. The highest BCUT2D eigenvalue weighted by Gasteiger charge is 2.47. The van der Waals surface area contributed by atoms with Crippen LogP contribution in [0.3, 0.4) is 0 Å². The van der Waals surface area contributed by atoms with E-state index in [9.17, 15) is 4.79 Å². The maximum atomic E-state index is 13.5. The molecule has 0 saturated carbocycles. The molecule has 3 aliphatic heterocycles. The van der Waals surface area contributed by atoms with Crippen molar-refractivity contribution < 1.29 is 14.1 Å². The molecule has 0 unspecified atom stereocenters. The molecule has 0 radical (unpaired) electrons. The van der Waals surface area contributed by atoms with Gasteiger partial charge in [0, 0.05) is 25.7 Å². The minimum Gasteiger partial charge on any atom is -0.378 e. The Hall–Kier alpha value is -1.64. The molecule has 0 spiro atoms. The molecule has 1 amide bonds. The number of hydrogen-bond acceptors (Lipinski definition) is 6. The van der Waals surface area contributed by atoms with E-state index in [1.54, 1.807) is 18.4 Å². The second kappa shape index (κ2) is 9.69. The van der Waals surface area contributed by atoms with E-state index < -0.39 is 0 Å². The summed E-state index contributed by atoms with van der Waals surface area (Å²) in [7, 11) is 0. The molecule has 3 saturated heterocycles. The molecule has 0 N–H and O–H groups in total. The number of carbonyl (C=O) groups excluding carboxylic acids is 1. The lowest BCUT2D eigenvalue weighted by Crippen LogP contribution is -2.71. The minimum absolute atomic E-state index is 0.0813. The molecule has 2 aromatic rings. The SMILES string of the molecule is O=C(Cc1ccc(Cl)c(Cl)c1)N1CCN(Cc2ccon2)[C@@H]2COC[C@H](N3CCCC3)[C@H]21. The normalized spacial score (nSPS) is 26.9. The van der Waals surface area contributed by atoms with E-state index in [4.69, 9.17) is 32.5 Å². The summed E-state index contributed by atoms with van der Waals surface area (Å²) in [4.78, 5) is 20.5. The van der Waals surface area contributed by atoms with Crippen molar-refractivity contribution in [2.75, 3.05) is 39.4 Å². The van der Waals surface area contributed by atoms with Crippen LogP contribution in [0.15, 0.2) is 35.1 Å². The van der Waals surface area contributed by atoms with Gasteiger partial charge in [-0.1, -0.05) is 34.4 Å². The van der Waals surface area contributed by atoms with Crippen LogP contribution in [0.1, 0.15) is 24.1 Å². The fourth-order valence-electron chi connectivity index (χ4n) is 5.39. The first kappa shape index (κ1) is 22.2. The standard InChI is InChI=1S/C23H28Cl2N4O3/c24-18-4-3-16(11-19(18)25)12-22(30)29-9-8-28(13-17-5-10-32-26-17)21-15-31-14-20(23(21)29)27-6-1-2-7-27/h3-5,10-11,20-21,23H,1-2,6-9,12-15H2/t20-,21+,23+/m0/s1. The summed E-state index contributed by atoms with van der Waals surface area (Å²) in [5.74, 6) is 0.130. The number of likely N-dealkylation sites (tertiary alicyclic amines) is 1. The molecule has 32 heavy (non-hydrogen) atoms. The first-order valence-corrected chi connectivity index (χ1v) is 12.0. The number of amides is 1. The number of hydrogen-bond donors (Lipinski definition) is 0. The number of halogens is 2. The molecule has 3 atom stereocenters. The predicted octanol–water partition coefficient (Wildman–Crippen LogP) is 3.10. The summed E-state index contributed by atoms with van der Waals surface area (Å²) in [6, 6.07) is 7.74. The summed E-state index contributed by atoms with van der Waals surface area (Å²) in [6.45, 7) is 5.56. The number of piperazine rings is 1. The van der Waals surface area contributed by atoms with Gasteiger partial charge in [0.1, 0.15) is 6.26 Å². The average molecular weight is 479 g/mol. The summed E-state index contributed by atoms with van der Waals surface area (Å²) in [5.41, 5.74) is 1.79. The first-order valence-electron chi connectivity index (χ1n) is 11.3. The van der Waals surface area contributed by atoms with Crippen molar-refractivity contribution in [1.82, 2.24) is 19.9 Å². The molecule has 172 valence electrons. The largest absolute Gasteiger partial charge is 0.378 e. The van der Waals surface area contributed by atoms with Crippen LogP contribution in [-0.4, -0.2) is 83.3 Å². The van der Waals surface area contributed by atoms with E-state index in [0.29, 0.717) is 42.8 Å².